The molecule has 2 aromatic rings. The van der Waals surface area contributed by atoms with Crippen LogP contribution >= 0.6 is 12.2 Å². The number of pyridine rings is 1. The molecule has 0 amide bonds. The van der Waals surface area contributed by atoms with Crippen molar-refractivity contribution < 1.29 is 9.47 Å². The van der Waals surface area contributed by atoms with Gasteiger partial charge in [-0.2, -0.15) is 0 Å². The molecule has 2 bridgehead atoms. The molecule has 3 aliphatic rings. The standard InChI is InChI=1S/C19H19N3O3S/c23-18-3-1-2-15-13-6-12(9-22(15)18)8-21(10-13)19(26)20-14-4-5-16-17(7-14)25-11-24-16/h1-5,7,12-13H,6,8-11H2,(H,20,26)/t12-,13+/m0/s1. The molecule has 1 N–H and O–H groups in total. The number of ether oxygens (including phenoxy) is 2. The minimum absolute atomic E-state index is 0.103. The zero-order valence-corrected chi connectivity index (χ0v) is 15.0. The van der Waals surface area contributed by atoms with Gasteiger partial charge in [0.1, 0.15) is 0 Å². The number of likely N-dealkylation sites (tertiary alicyclic amines) is 1. The maximum Gasteiger partial charge on any atom is 0.250 e. The van der Waals surface area contributed by atoms with Gasteiger partial charge in [-0.3, -0.25) is 4.79 Å². The highest BCUT2D eigenvalue weighted by molar-refractivity contribution is 7.80. The van der Waals surface area contributed by atoms with Crippen molar-refractivity contribution in [2.24, 2.45) is 5.92 Å². The second kappa shape index (κ2) is 6.02. The molecule has 0 unspecified atom stereocenters. The highest BCUT2D eigenvalue weighted by atomic mass is 32.1. The number of piperidine rings is 1. The third kappa shape index (κ3) is 2.63. The molecule has 1 aromatic heterocycles. The molecule has 5 rings (SSSR count). The van der Waals surface area contributed by atoms with Crippen LogP contribution in [0.4, 0.5) is 5.69 Å². The number of nitrogens with one attached hydrogen (secondary N) is 1. The number of anilines is 1. The summed E-state index contributed by atoms with van der Waals surface area (Å²) in [5.74, 6) is 2.28. The Hall–Kier alpha value is -2.54. The number of hydrogen-bond acceptors (Lipinski definition) is 4. The summed E-state index contributed by atoms with van der Waals surface area (Å²) in [4.78, 5) is 14.4. The van der Waals surface area contributed by atoms with E-state index in [4.69, 9.17) is 21.7 Å². The summed E-state index contributed by atoms with van der Waals surface area (Å²) in [6.45, 7) is 2.73. The van der Waals surface area contributed by atoms with Gasteiger partial charge in [-0.15, -0.1) is 0 Å². The number of nitrogens with zero attached hydrogens (tertiary/aromatic N) is 2. The maximum atomic E-state index is 12.1. The minimum atomic E-state index is 0.103. The van der Waals surface area contributed by atoms with Gasteiger partial charge in [0.05, 0.1) is 0 Å². The average molecular weight is 369 g/mol. The molecule has 0 spiro atoms. The summed E-state index contributed by atoms with van der Waals surface area (Å²) in [5, 5.41) is 4.03. The van der Waals surface area contributed by atoms with E-state index in [0.29, 0.717) is 16.9 Å². The number of aromatic nitrogens is 1. The lowest BCUT2D eigenvalue weighted by Gasteiger charge is -2.43. The highest BCUT2D eigenvalue weighted by Gasteiger charge is 2.35. The number of thiocarbonyl (C=S) groups is 1. The number of benzene rings is 1. The Balaban J connectivity index is 1.34. The lowest BCUT2D eigenvalue weighted by molar-refractivity contribution is 0.174. The van der Waals surface area contributed by atoms with Crippen LogP contribution in [0.2, 0.25) is 0 Å². The predicted octanol–water partition coefficient (Wildman–Crippen LogP) is 2.39. The molecule has 1 fully saturated rings. The van der Waals surface area contributed by atoms with Crippen molar-refractivity contribution in [1.82, 2.24) is 9.47 Å². The van der Waals surface area contributed by atoms with E-state index in [1.807, 2.05) is 28.8 Å². The minimum Gasteiger partial charge on any atom is -0.454 e. The van der Waals surface area contributed by atoms with E-state index >= 15 is 0 Å². The average Bonchev–Trinajstić information content (AvgIpc) is 3.10. The van der Waals surface area contributed by atoms with E-state index in [-0.39, 0.29) is 12.4 Å². The summed E-state index contributed by atoms with van der Waals surface area (Å²) >= 11 is 5.66. The maximum absolute atomic E-state index is 12.1. The van der Waals surface area contributed by atoms with Gasteiger partial charge in [0.2, 0.25) is 6.79 Å². The van der Waals surface area contributed by atoms with Crippen molar-refractivity contribution >= 4 is 23.0 Å². The van der Waals surface area contributed by atoms with Gasteiger partial charge in [-0.1, -0.05) is 6.07 Å². The van der Waals surface area contributed by atoms with E-state index in [0.717, 1.165) is 48.9 Å². The molecule has 26 heavy (non-hydrogen) atoms. The first-order valence-electron chi connectivity index (χ1n) is 8.83. The molecule has 0 saturated carbocycles. The topological polar surface area (TPSA) is 55.7 Å². The van der Waals surface area contributed by atoms with E-state index in [2.05, 4.69) is 16.3 Å². The fraction of sp³-hybridized carbons (Fsp3) is 0.368. The molecule has 2 atom stereocenters. The fourth-order valence-corrected chi connectivity index (χ4v) is 4.51. The molecule has 3 aliphatic heterocycles. The van der Waals surface area contributed by atoms with Crippen LogP contribution in [0.5, 0.6) is 11.5 Å². The number of rotatable bonds is 1. The quantitative estimate of drug-likeness (QED) is 0.779. The van der Waals surface area contributed by atoms with Crippen molar-refractivity contribution in [3.8, 4) is 11.5 Å². The van der Waals surface area contributed by atoms with Crippen LogP contribution in [0.15, 0.2) is 41.2 Å². The van der Waals surface area contributed by atoms with E-state index < -0.39 is 0 Å². The van der Waals surface area contributed by atoms with Crippen molar-refractivity contribution in [3.63, 3.8) is 0 Å². The van der Waals surface area contributed by atoms with E-state index in [1.165, 1.54) is 0 Å². The zero-order chi connectivity index (χ0) is 17.7. The van der Waals surface area contributed by atoms with Crippen LogP contribution in [-0.4, -0.2) is 34.5 Å². The third-order valence-corrected chi connectivity index (χ3v) is 5.75. The molecule has 6 nitrogen and oxygen atoms in total. The Kier molecular flexibility index (Phi) is 3.63. The Labute approximate surface area is 156 Å². The van der Waals surface area contributed by atoms with Crippen LogP contribution in [0.1, 0.15) is 18.0 Å². The summed E-state index contributed by atoms with van der Waals surface area (Å²) in [5.41, 5.74) is 2.13. The first-order valence-corrected chi connectivity index (χ1v) is 9.23. The Morgan fingerprint density at radius 3 is 2.92 bits per heavy atom. The molecule has 0 radical (unpaired) electrons. The first-order chi connectivity index (χ1) is 12.7. The second-order valence-electron chi connectivity index (χ2n) is 7.10. The van der Waals surface area contributed by atoms with Gasteiger partial charge in [0.15, 0.2) is 16.6 Å². The van der Waals surface area contributed by atoms with Crippen LogP contribution in [0, 0.1) is 5.92 Å². The monoisotopic (exact) mass is 369 g/mol. The lowest BCUT2D eigenvalue weighted by atomic mass is 9.83. The van der Waals surface area contributed by atoms with Crippen LogP contribution < -0.4 is 20.3 Å². The number of fused-ring (bicyclic) bond motifs is 5. The SMILES string of the molecule is O=c1cccc2n1C[C@H]1C[C@@H]2CN(C(=S)Nc2ccc3c(c2)OCO3)C1. The zero-order valence-electron chi connectivity index (χ0n) is 14.2. The first kappa shape index (κ1) is 15.7. The molecule has 7 heteroatoms. The van der Waals surface area contributed by atoms with Gasteiger partial charge in [0.25, 0.3) is 5.56 Å². The van der Waals surface area contributed by atoms with Crippen molar-refractivity contribution in [2.75, 3.05) is 25.2 Å². The van der Waals surface area contributed by atoms with Crippen molar-refractivity contribution in [2.45, 2.75) is 18.9 Å². The summed E-state index contributed by atoms with van der Waals surface area (Å²) in [6.07, 6.45) is 1.12. The van der Waals surface area contributed by atoms with Gasteiger partial charge < -0.3 is 24.3 Å². The highest BCUT2D eigenvalue weighted by Crippen LogP contribution is 2.36. The predicted molar refractivity (Wildman–Crippen MR) is 102 cm³/mol. The van der Waals surface area contributed by atoms with Crippen LogP contribution in [-0.2, 0) is 6.54 Å². The molecule has 0 aliphatic carbocycles. The number of hydrogen-bond donors (Lipinski definition) is 1. The Morgan fingerprint density at radius 1 is 1.12 bits per heavy atom. The van der Waals surface area contributed by atoms with Crippen molar-refractivity contribution in [3.05, 3.63) is 52.4 Å². The normalized spacial score (nSPS) is 22.7. The Morgan fingerprint density at radius 2 is 2.00 bits per heavy atom. The molecular weight excluding hydrogens is 350 g/mol. The van der Waals surface area contributed by atoms with Gasteiger partial charge >= 0.3 is 0 Å². The molecule has 1 saturated heterocycles. The van der Waals surface area contributed by atoms with Crippen LogP contribution in [0.3, 0.4) is 0 Å². The molecule has 4 heterocycles. The van der Waals surface area contributed by atoms with Gasteiger partial charge in [-0.25, -0.2) is 0 Å². The Bertz CT molecular complexity index is 942. The van der Waals surface area contributed by atoms with Crippen LogP contribution in [0.25, 0.3) is 0 Å². The van der Waals surface area contributed by atoms with Gasteiger partial charge in [0, 0.05) is 49.1 Å². The molecule has 134 valence electrons. The smallest absolute Gasteiger partial charge is 0.250 e. The summed E-state index contributed by atoms with van der Waals surface area (Å²) in [6, 6.07) is 11.3. The van der Waals surface area contributed by atoms with E-state index in [9.17, 15) is 4.79 Å². The molecule has 1 aromatic carbocycles. The fourth-order valence-electron chi connectivity index (χ4n) is 4.24. The second-order valence-corrected chi connectivity index (χ2v) is 7.49. The van der Waals surface area contributed by atoms with E-state index in [1.54, 1.807) is 6.07 Å². The lowest BCUT2D eigenvalue weighted by Crippen LogP contribution is -2.50. The molecular formula is C19H19N3O3S. The summed E-state index contributed by atoms with van der Waals surface area (Å²) in [7, 11) is 0. The summed E-state index contributed by atoms with van der Waals surface area (Å²) < 4.78 is 12.7. The van der Waals surface area contributed by atoms with Gasteiger partial charge in [-0.05, 0) is 42.8 Å². The third-order valence-electron chi connectivity index (χ3n) is 5.39. The largest absolute Gasteiger partial charge is 0.454 e. The van der Waals surface area contributed by atoms with Crippen molar-refractivity contribution in [1.29, 1.82) is 0 Å².